The summed E-state index contributed by atoms with van der Waals surface area (Å²) in [7, 11) is -3.64. The van der Waals surface area contributed by atoms with E-state index in [0.717, 1.165) is 12.8 Å². The van der Waals surface area contributed by atoms with Crippen LogP contribution in [0.15, 0.2) is 36.5 Å². The molecule has 1 amide bonds. The van der Waals surface area contributed by atoms with Crippen molar-refractivity contribution in [3.8, 4) is 0 Å². The third-order valence-electron chi connectivity index (χ3n) is 5.62. The molecule has 3 heterocycles. The number of benzene rings is 1. The summed E-state index contributed by atoms with van der Waals surface area (Å²) in [6.45, 7) is 3.68. The lowest BCUT2D eigenvalue weighted by atomic mass is 10.0. The van der Waals surface area contributed by atoms with Crippen LogP contribution in [0.1, 0.15) is 47.2 Å². The molecular weight excluding hydrogens is 418 g/mol. The third kappa shape index (κ3) is 4.77. The van der Waals surface area contributed by atoms with Crippen molar-refractivity contribution in [1.82, 2.24) is 18.6 Å². The van der Waals surface area contributed by atoms with Crippen LogP contribution in [0.2, 0.25) is 0 Å². The van der Waals surface area contributed by atoms with Gasteiger partial charge in [-0.25, -0.2) is 9.97 Å². The van der Waals surface area contributed by atoms with E-state index in [1.165, 1.54) is 14.8 Å². The summed E-state index contributed by atoms with van der Waals surface area (Å²) in [5.74, 6) is 0.141. The molecule has 10 heteroatoms. The van der Waals surface area contributed by atoms with Crippen LogP contribution in [0.4, 0.5) is 5.69 Å². The molecule has 1 atom stereocenters. The monoisotopic (exact) mass is 445 g/mol. The number of hydrogen-bond donors (Lipinski definition) is 1. The molecule has 1 unspecified atom stereocenters. The normalized spacial score (nSPS) is 21.0. The summed E-state index contributed by atoms with van der Waals surface area (Å²) in [5, 5.41) is 2.83. The number of para-hydroxylation sites is 1. The third-order valence-corrected chi connectivity index (χ3v) is 7.67. The average Bonchev–Trinajstić information content (AvgIpc) is 2.80. The summed E-state index contributed by atoms with van der Waals surface area (Å²) in [5.41, 5.74) is 1.57. The Hall–Kier alpha value is -2.40. The summed E-state index contributed by atoms with van der Waals surface area (Å²) in [6, 6.07) is 8.73. The molecule has 2 aromatic rings. The highest BCUT2D eigenvalue weighted by molar-refractivity contribution is 7.86. The molecule has 0 aliphatic carbocycles. The molecule has 0 bridgehead atoms. The van der Waals surface area contributed by atoms with Gasteiger partial charge >= 0.3 is 0 Å². The number of aryl methyl sites for hydroxylation is 1. The maximum Gasteiger partial charge on any atom is 0.282 e. The van der Waals surface area contributed by atoms with Crippen molar-refractivity contribution >= 4 is 21.8 Å². The number of anilines is 1. The lowest BCUT2D eigenvalue weighted by Gasteiger charge is -2.38. The second kappa shape index (κ2) is 9.39. The average molecular weight is 446 g/mol. The Morgan fingerprint density at radius 2 is 1.87 bits per heavy atom. The molecule has 9 nitrogen and oxygen atoms in total. The van der Waals surface area contributed by atoms with Crippen molar-refractivity contribution in [2.45, 2.75) is 32.2 Å². The number of nitrogens with zero attached hydrogens (tertiary/aromatic N) is 4. The number of piperidine rings is 1. The number of morpholine rings is 1. The van der Waals surface area contributed by atoms with Gasteiger partial charge in [0.15, 0.2) is 0 Å². The maximum absolute atomic E-state index is 13.3. The minimum atomic E-state index is -3.64. The Morgan fingerprint density at radius 3 is 2.58 bits per heavy atom. The molecule has 1 aromatic carbocycles. The van der Waals surface area contributed by atoms with E-state index in [1.54, 1.807) is 19.1 Å². The Kier molecular flexibility index (Phi) is 6.61. The highest BCUT2D eigenvalue weighted by atomic mass is 32.2. The lowest BCUT2D eigenvalue weighted by Crippen LogP contribution is -2.51. The number of ether oxygens (including phenoxy) is 1. The number of rotatable bonds is 5. The van der Waals surface area contributed by atoms with Crippen molar-refractivity contribution in [1.29, 1.82) is 0 Å². The fourth-order valence-corrected chi connectivity index (χ4v) is 5.74. The SMILES string of the molecule is Cc1nc(C2CCCCN2S(=O)(=O)N2CCOCC2)ncc1C(=O)Nc1ccccc1. The van der Waals surface area contributed by atoms with Crippen molar-refractivity contribution in [2.24, 2.45) is 0 Å². The fraction of sp³-hybridized carbons (Fsp3) is 0.476. The van der Waals surface area contributed by atoms with Crippen LogP contribution in [-0.4, -0.2) is 65.8 Å². The molecule has 31 heavy (non-hydrogen) atoms. The Morgan fingerprint density at radius 1 is 1.13 bits per heavy atom. The molecule has 4 rings (SSSR count). The van der Waals surface area contributed by atoms with Crippen molar-refractivity contribution in [2.75, 3.05) is 38.2 Å². The first-order chi connectivity index (χ1) is 15.0. The molecule has 0 saturated carbocycles. The van der Waals surface area contributed by atoms with E-state index in [2.05, 4.69) is 15.3 Å². The first-order valence-corrected chi connectivity index (χ1v) is 11.9. The first kappa shape index (κ1) is 21.8. The van der Waals surface area contributed by atoms with Crippen LogP contribution in [0.5, 0.6) is 0 Å². The number of hydrogen-bond acceptors (Lipinski definition) is 6. The molecule has 0 radical (unpaired) electrons. The molecular formula is C21H27N5O4S. The predicted molar refractivity (Wildman–Crippen MR) is 116 cm³/mol. The smallest absolute Gasteiger partial charge is 0.282 e. The molecule has 0 spiro atoms. The Balaban J connectivity index is 1.56. The quantitative estimate of drug-likeness (QED) is 0.756. The van der Waals surface area contributed by atoms with Gasteiger partial charge in [-0.1, -0.05) is 24.6 Å². The highest BCUT2D eigenvalue weighted by Gasteiger charge is 2.39. The van der Waals surface area contributed by atoms with E-state index < -0.39 is 16.3 Å². The minimum Gasteiger partial charge on any atom is -0.379 e. The van der Waals surface area contributed by atoms with E-state index in [1.807, 2.05) is 18.2 Å². The predicted octanol–water partition coefficient (Wildman–Crippen LogP) is 2.14. The van der Waals surface area contributed by atoms with Gasteiger partial charge in [-0.05, 0) is 31.9 Å². The molecule has 166 valence electrons. The van der Waals surface area contributed by atoms with Crippen LogP contribution in [0, 0.1) is 6.92 Å². The van der Waals surface area contributed by atoms with Crippen LogP contribution < -0.4 is 5.32 Å². The van der Waals surface area contributed by atoms with Crippen LogP contribution in [-0.2, 0) is 14.9 Å². The van der Waals surface area contributed by atoms with Crippen molar-refractivity contribution in [3.63, 3.8) is 0 Å². The summed E-state index contributed by atoms with van der Waals surface area (Å²) in [6.07, 6.45) is 3.84. The number of aromatic nitrogens is 2. The van der Waals surface area contributed by atoms with Crippen LogP contribution >= 0.6 is 0 Å². The van der Waals surface area contributed by atoms with E-state index >= 15 is 0 Å². The second-order valence-electron chi connectivity index (χ2n) is 7.69. The zero-order valence-corrected chi connectivity index (χ0v) is 18.3. The van der Waals surface area contributed by atoms with Gasteiger partial charge in [0.05, 0.1) is 30.5 Å². The largest absolute Gasteiger partial charge is 0.379 e. The number of carbonyl (C=O) groups is 1. The van der Waals surface area contributed by atoms with Gasteiger partial charge in [0.2, 0.25) is 0 Å². The zero-order valence-electron chi connectivity index (χ0n) is 17.5. The molecule has 2 fully saturated rings. The Labute approximate surface area is 182 Å². The second-order valence-corrected chi connectivity index (χ2v) is 9.57. The fourth-order valence-electron chi connectivity index (χ4n) is 3.95. The molecule has 2 saturated heterocycles. The maximum atomic E-state index is 13.3. The molecule has 2 aliphatic rings. The molecule has 1 N–H and O–H groups in total. The Bertz CT molecular complexity index is 1030. The molecule has 2 aliphatic heterocycles. The van der Waals surface area contributed by atoms with Gasteiger partial charge in [0.25, 0.3) is 16.1 Å². The van der Waals surface area contributed by atoms with E-state index in [9.17, 15) is 13.2 Å². The van der Waals surface area contributed by atoms with Gasteiger partial charge in [-0.3, -0.25) is 4.79 Å². The van der Waals surface area contributed by atoms with Crippen molar-refractivity contribution < 1.29 is 17.9 Å². The van der Waals surface area contributed by atoms with Gasteiger partial charge in [0, 0.05) is 31.5 Å². The van der Waals surface area contributed by atoms with E-state index in [0.29, 0.717) is 62.0 Å². The number of amides is 1. The van der Waals surface area contributed by atoms with E-state index in [4.69, 9.17) is 4.74 Å². The summed E-state index contributed by atoms with van der Waals surface area (Å²) >= 11 is 0. The first-order valence-electron chi connectivity index (χ1n) is 10.5. The topological polar surface area (TPSA) is 105 Å². The summed E-state index contributed by atoms with van der Waals surface area (Å²) < 4.78 is 34.8. The minimum absolute atomic E-state index is 0.295. The number of nitrogens with one attached hydrogen (secondary N) is 1. The number of carbonyl (C=O) groups excluding carboxylic acids is 1. The van der Waals surface area contributed by atoms with Crippen LogP contribution in [0.3, 0.4) is 0 Å². The van der Waals surface area contributed by atoms with Gasteiger partial charge in [0.1, 0.15) is 5.82 Å². The standard InChI is InChI=1S/C21H27N5O4S/c1-16-18(21(27)24-17-7-3-2-4-8-17)15-22-20(23-16)19-9-5-6-10-26(19)31(28,29)25-11-13-30-14-12-25/h2-4,7-8,15,19H,5-6,9-14H2,1H3,(H,24,27). The van der Waals surface area contributed by atoms with Gasteiger partial charge in [-0.15, -0.1) is 0 Å². The van der Waals surface area contributed by atoms with Gasteiger partial charge in [-0.2, -0.15) is 17.0 Å². The highest BCUT2D eigenvalue weighted by Crippen LogP contribution is 2.33. The van der Waals surface area contributed by atoms with Gasteiger partial charge < -0.3 is 10.1 Å². The lowest BCUT2D eigenvalue weighted by molar-refractivity contribution is 0.0680. The van der Waals surface area contributed by atoms with E-state index in [-0.39, 0.29) is 5.91 Å². The molecule has 1 aromatic heterocycles. The summed E-state index contributed by atoms with van der Waals surface area (Å²) in [4.78, 5) is 21.6. The van der Waals surface area contributed by atoms with Crippen LogP contribution in [0.25, 0.3) is 0 Å². The zero-order chi connectivity index (χ0) is 21.8. The van der Waals surface area contributed by atoms with Crippen molar-refractivity contribution in [3.05, 3.63) is 53.6 Å².